The summed E-state index contributed by atoms with van der Waals surface area (Å²) in [5.41, 5.74) is 17.8. The highest BCUT2D eigenvalue weighted by molar-refractivity contribution is 9.10. The van der Waals surface area contributed by atoms with Gasteiger partial charge in [0.1, 0.15) is 5.82 Å². The van der Waals surface area contributed by atoms with Crippen LogP contribution in [-0.4, -0.2) is 16.4 Å². The number of hydrogen-bond acceptors (Lipinski definition) is 5. The molecule has 1 aromatic rings. The smallest absolute Gasteiger partial charge is 0.223 e. The van der Waals surface area contributed by atoms with Crippen molar-refractivity contribution in [2.45, 2.75) is 18.4 Å². The lowest BCUT2D eigenvalue weighted by molar-refractivity contribution is -0.122. The summed E-state index contributed by atoms with van der Waals surface area (Å²) in [6.45, 7) is 0. The van der Waals surface area contributed by atoms with Gasteiger partial charge in [-0.15, -0.1) is 0 Å². The minimum atomic E-state index is -0.471. The van der Waals surface area contributed by atoms with Crippen molar-refractivity contribution in [1.82, 2.24) is 4.98 Å². The molecule has 1 amide bonds. The fourth-order valence-electron chi connectivity index (χ4n) is 3.24. The third kappa shape index (κ3) is 1.84. The van der Waals surface area contributed by atoms with Crippen LogP contribution in [0.15, 0.2) is 22.8 Å². The van der Waals surface area contributed by atoms with E-state index in [4.69, 9.17) is 17.2 Å². The number of pyridine rings is 1. The second-order valence-corrected chi connectivity index (χ2v) is 6.31. The normalized spacial score (nSPS) is 30.6. The lowest BCUT2D eigenvalue weighted by Gasteiger charge is -2.33. The Morgan fingerprint density at radius 3 is 2.90 bits per heavy atom. The largest absolute Gasteiger partial charge is 0.394 e. The molecule has 0 spiro atoms. The Hall–Kier alpha value is -1.76. The minimum Gasteiger partial charge on any atom is -0.394 e. The molecule has 7 N–H and O–H groups in total. The molecule has 0 saturated heterocycles. The molecule has 1 fully saturated rings. The van der Waals surface area contributed by atoms with Gasteiger partial charge in [0, 0.05) is 6.20 Å². The lowest BCUT2D eigenvalue weighted by Crippen LogP contribution is -2.45. The molecule has 6 nitrogen and oxygen atoms in total. The summed E-state index contributed by atoms with van der Waals surface area (Å²) in [7, 11) is 0. The van der Waals surface area contributed by atoms with Crippen molar-refractivity contribution in [1.29, 1.82) is 0 Å². The highest BCUT2D eigenvalue weighted by Crippen LogP contribution is 2.50. The number of nitrogens with zero attached hydrogens (tertiary/aromatic N) is 1. The van der Waals surface area contributed by atoms with E-state index in [-0.39, 0.29) is 17.6 Å². The number of primary amides is 1. The van der Waals surface area contributed by atoms with Gasteiger partial charge in [0.2, 0.25) is 5.91 Å². The van der Waals surface area contributed by atoms with Crippen LogP contribution in [0.4, 0.5) is 17.2 Å². The van der Waals surface area contributed by atoms with E-state index >= 15 is 0 Å². The van der Waals surface area contributed by atoms with E-state index in [0.717, 1.165) is 12.8 Å². The van der Waals surface area contributed by atoms with Crippen LogP contribution in [0.25, 0.3) is 0 Å². The van der Waals surface area contributed by atoms with Crippen LogP contribution in [0.2, 0.25) is 0 Å². The quantitative estimate of drug-likeness (QED) is 0.618. The number of hydrogen-bond donors (Lipinski definition) is 4. The summed E-state index contributed by atoms with van der Waals surface area (Å²) >= 11 is 3.41. The van der Waals surface area contributed by atoms with Gasteiger partial charge in [-0.1, -0.05) is 12.2 Å². The first-order chi connectivity index (χ1) is 9.43. The zero-order chi connectivity index (χ0) is 14.5. The molecule has 3 unspecified atom stereocenters. The maximum Gasteiger partial charge on any atom is 0.223 e. The number of allylic oxidation sites excluding steroid dienone is 1. The van der Waals surface area contributed by atoms with Crippen LogP contribution in [0.3, 0.4) is 0 Å². The van der Waals surface area contributed by atoms with Crippen molar-refractivity contribution < 1.29 is 4.79 Å². The Kier molecular flexibility index (Phi) is 2.89. The van der Waals surface area contributed by atoms with Crippen LogP contribution < -0.4 is 22.5 Å². The van der Waals surface area contributed by atoms with Crippen LogP contribution in [0.1, 0.15) is 12.8 Å². The number of fused-ring (bicyclic) bond motifs is 2. The number of halogens is 1. The second-order valence-electron chi connectivity index (χ2n) is 5.46. The first-order valence-corrected chi connectivity index (χ1v) is 7.18. The van der Waals surface area contributed by atoms with Crippen molar-refractivity contribution in [3.63, 3.8) is 0 Å². The molecule has 20 heavy (non-hydrogen) atoms. The molecular weight excluding hydrogens is 322 g/mol. The van der Waals surface area contributed by atoms with Gasteiger partial charge in [-0.25, -0.2) is 4.98 Å². The van der Waals surface area contributed by atoms with E-state index in [1.807, 2.05) is 6.08 Å². The third-order valence-corrected chi connectivity index (χ3v) is 4.83. The molecule has 0 aromatic carbocycles. The van der Waals surface area contributed by atoms with E-state index in [9.17, 15) is 4.79 Å². The van der Waals surface area contributed by atoms with Crippen LogP contribution in [0.5, 0.6) is 0 Å². The lowest BCUT2D eigenvalue weighted by atomic mass is 9.85. The maximum atomic E-state index is 11.7. The summed E-state index contributed by atoms with van der Waals surface area (Å²) in [4.78, 5) is 15.7. The van der Waals surface area contributed by atoms with E-state index < -0.39 is 5.54 Å². The summed E-state index contributed by atoms with van der Waals surface area (Å²) in [6.07, 6.45) is 7.36. The van der Waals surface area contributed by atoms with Crippen LogP contribution >= 0.6 is 15.9 Å². The molecule has 0 aliphatic heterocycles. The van der Waals surface area contributed by atoms with Crippen molar-refractivity contribution in [3.8, 4) is 0 Å². The molecule has 2 bridgehead atoms. The highest BCUT2D eigenvalue weighted by atomic mass is 79.9. The monoisotopic (exact) mass is 337 g/mol. The number of nitrogens with two attached hydrogens (primary N) is 3. The molecule has 2 aliphatic carbocycles. The van der Waals surface area contributed by atoms with Crippen molar-refractivity contribution in [3.05, 3.63) is 22.8 Å². The standard InChI is InChI=1S/C13H16BrN5O/c14-8-5-18-11(16)9(15)10(8)19-13-2-1-6(4-13)3-7(13)12(17)20/h1-2,5-7H,3-4,15H2,(H2,17,20)(H3,16,18,19). The zero-order valence-corrected chi connectivity index (χ0v) is 12.4. The maximum absolute atomic E-state index is 11.7. The Morgan fingerprint density at radius 1 is 1.50 bits per heavy atom. The van der Waals surface area contributed by atoms with Crippen molar-refractivity contribution in [2.24, 2.45) is 17.6 Å². The summed E-state index contributed by atoms with van der Waals surface area (Å²) in [6, 6.07) is 0. The van der Waals surface area contributed by atoms with Crippen LogP contribution in [0, 0.1) is 11.8 Å². The molecule has 106 valence electrons. The van der Waals surface area contributed by atoms with Gasteiger partial charge < -0.3 is 22.5 Å². The number of anilines is 3. The average molecular weight is 338 g/mol. The predicted molar refractivity (Wildman–Crippen MR) is 81.7 cm³/mol. The van der Waals surface area contributed by atoms with Crippen LogP contribution in [-0.2, 0) is 4.79 Å². The van der Waals surface area contributed by atoms with Gasteiger partial charge in [0.15, 0.2) is 0 Å². The van der Waals surface area contributed by atoms with E-state index in [2.05, 4.69) is 32.3 Å². The fraction of sp³-hybridized carbons (Fsp3) is 0.385. The molecule has 0 radical (unpaired) electrons. The van der Waals surface area contributed by atoms with Gasteiger partial charge in [-0.3, -0.25) is 4.79 Å². The number of nitrogen functional groups attached to an aromatic ring is 2. The molecule has 3 rings (SSSR count). The summed E-state index contributed by atoms with van der Waals surface area (Å²) in [5, 5.41) is 3.38. The minimum absolute atomic E-state index is 0.238. The average Bonchev–Trinajstić information content (AvgIpc) is 2.97. The van der Waals surface area contributed by atoms with Gasteiger partial charge >= 0.3 is 0 Å². The Morgan fingerprint density at radius 2 is 2.25 bits per heavy atom. The zero-order valence-electron chi connectivity index (χ0n) is 10.8. The van der Waals surface area contributed by atoms with Gasteiger partial charge in [-0.05, 0) is 34.7 Å². The Balaban J connectivity index is 2.00. The van der Waals surface area contributed by atoms with Gasteiger partial charge in [0.05, 0.1) is 27.3 Å². The molecular formula is C13H16BrN5O. The number of aromatic nitrogens is 1. The first kappa shape index (κ1) is 13.2. The predicted octanol–water partition coefficient (Wildman–Crippen LogP) is 1.24. The van der Waals surface area contributed by atoms with Crippen molar-refractivity contribution >= 4 is 39.0 Å². The van der Waals surface area contributed by atoms with E-state index in [1.54, 1.807) is 6.20 Å². The number of carbonyl (C=O) groups excluding carboxylic acids is 1. The summed E-state index contributed by atoms with van der Waals surface area (Å²) < 4.78 is 0.713. The number of nitrogens with one attached hydrogen (secondary N) is 1. The van der Waals surface area contributed by atoms with Crippen molar-refractivity contribution in [2.75, 3.05) is 16.8 Å². The van der Waals surface area contributed by atoms with E-state index in [1.165, 1.54) is 0 Å². The summed E-state index contributed by atoms with van der Waals surface area (Å²) in [5.74, 6) is 0.123. The topological polar surface area (TPSA) is 120 Å². The highest BCUT2D eigenvalue weighted by Gasteiger charge is 2.51. The Labute approximate surface area is 124 Å². The fourth-order valence-corrected chi connectivity index (χ4v) is 3.65. The molecule has 1 aromatic heterocycles. The number of rotatable bonds is 3. The molecule has 7 heteroatoms. The Bertz CT molecular complexity index is 617. The van der Waals surface area contributed by atoms with Gasteiger partial charge in [-0.2, -0.15) is 0 Å². The molecule has 1 saturated carbocycles. The van der Waals surface area contributed by atoms with E-state index in [0.29, 0.717) is 21.8 Å². The number of carbonyl (C=O) groups is 1. The van der Waals surface area contributed by atoms with Gasteiger partial charge in [0.25, 0.3) is 0 Å². The first-order valence-electron chi connectivity index (χ1n) is 6.39. The molecule has 2 aliphatic rings. The third-order valence-electron chi connectivity index (χ3n) is 4.23. The SMILES string of the molecule is NC(=O)C1CC2C=CC1(Nc1c(Br)cnc(N)c1N)C2. The number of amides is 1. The second kappa shape index (κ2) is 4.37. The molecule has 1 heterocycles. The molecule has 3 atom stereocenters.